The zero-order chi connectivity index (χ0) is 20.0. The molecule has 0 saturated heterocycles. The second-order valence-electron chi connectivity index (χ2n) is 5.97. The Morgan fingerprint density at radius 3 is 2.14 bits per heavy atom. The van der Waals surface area contributed by atoms with E-state index in [1.165, 1.54) is 0 Å². The fourth-order valence-electron chi connectivity index (χ4n) is 2.65. The number of nitrogens with zero attached hydrogens (tertiary/aromatic N) is 1. The van der Waals surface area contributed by atoms with Crippen molar-refractivity contribution in [3.8, 4) is 5.75 Å². The molecule has 0 radical (unpaired) electrons. The van der Waals surface area contributed by atoms with Gasteiger partial charge in [0, 0.05) is 30.7 Å². The lowest BCUT2D eigenvalue weighted by Gasteiger charge is -2.08. The Morgan fingerprint density at radius 1 is 0.929 bits per heavy atom. The molecule has 0 bridgehead atoms. The number of hydrogen-bond donors (Lipinski definition) is 1. The van der Waals surface area contributed by atoms with Gasteiger partial charge < -0.3 is 33.8 Å². The number of aromatic nitrogens is 1. The summed E-state index contributed by atoms with van der Waals surface area (Å²) in [5.41, 5.74) is 6.78. The van der Waals surface area contributed by atoms with Crippen LogP contribution in [0.25, 0.3) is 5.52 Å². The van der Waals surface area contributed by atoms with Crippen molar-refractivity contribution in [1.29, 1.82) is 0 Å². The van der Waals surface area contributed by atoms with Gasteiger partial charge in [0.2, 0.25) is 0 Å². The molecule has 28 heavy (non-hydrogen) atoms. The van der Waals surface area contributed by atoms with Gasteiger partial charge in [0.05, 0.1) is 60.0 Å². The third-order valence-electron chi connectivity index (χ3n) is 3.98. The van der Waals surface area contributed by atoms with E-state index < -0.39 is 0 Å². The number of nitrogens with two attached hydrogens (primary N) is 1. The van der Waals surface area contributed by atoms with E-state index in [-0.39, 0.29) is 12.2 Å². The van der Waals surface area contributed by atoms with Gasteiger partial charge in [-0.3, -0.25) is 4.79 Å². The van der Waals surface area contributed by atoms with Crippen molar-refractivity contribution in [3.63, 3.8) is 0 Å². The van der Waals surface area contributed by atoms with Gasteiger partial charge in [-0.15, -0.1) is 0 Å². The van der Waals surface area contributed by atoms with Crippen LogP contribution in [0.3, 0.4) is 0 Å². The fraction of sp³-hybridized carbons (Fsp3) is 0.550. The Balaban J connectivity index is 1.55. The molecule has 2 heterocycles. The van der Waals surface area contributed by atoms with Gasteiger partial charge in [-0.05, 0) is 12.1 Å². The van der Waals surface area contributed by atoms with E-state index in [1.807, 2.05) is 34.9 Å². The molecule has 0 atom stereocenters. The Kier molecular flexibility index (Phi) is 10.6. The molecule has 2 rings (SSSR count). The lowest BCUT2D eigenvalue weighted by Crippen LogP contribution is -2.15. The molecule has 0 amide bonds. The van der Waals surface area contributed by atoms with Crippen LogP contribution in [0, 0.1) is 0 Å². The highest BCUT2D eigenvalue weighted by Crippen LogP contribution is 2.25. The quantitative estimate of drug-likeness (QED) is 0.341. The summed E-state index contributed by atoms with van der Waals surface area (Å²) in [6.07, 6.45) is 2.13. The van der Waals surface area contributed by atoms with Gasteiger partial charge in [0.1, 0.15) is 11.4 Å². The van der Waals surface area contributed by atoms with Crippen molar-refractivity contribution < 1.29 is 28.5 Å². The minimum Gasteiger partial charge on any atom is -0.494 e. The predicted octanol–water partition coefficient (Wildman–Crippen LogP) is 1.55. The van der Waals surface area contributed by atoms with E-state index in [4.69, 9.17) is 29.4 Å². The van der Waals surface area contributed by atoms with E-state index in [2.05, 4.69) is 0 Å². The minimum absolute atomic E-state index is 0.0192. The van der Waals surface area contributed by atoms with Crippen molar-refractivity contribution in [2.24, 2.45) is 5.73 Å². The summed E-state index contributed by atoms with van der Waals surface area (Å²) in [4.78, 5) is 12.6. The zero-order valence-corrected chi connectivity index (χ0v) is 16.4. The van der Waals surface area contributed by atoms with Crippen LogP contribution in [0.4, 0.5) is 0 Å². The normalized spacial score (nSPS) is 11.2. The van der Waals surface area contributed by atoms with Gasteiger partial charge in [0.15, 0.2) is 5.78 Å². The first-order valence-corrected chi connectivity index (χ1v) is 9.46. The summed E-state index contributed by atoms with van der Waals surface area (Å²) in [7, 11) is 1.57. The summed E-state index contributed by atoms with van der Waals surface area (Å²) in [6, 6.07) is 7.60. The minimum atomic E-state index is -0.0192. The lowest BCUT2D eigenvalue weighted by atomic mass is 10.2. The van der Waals surface area contributed by atoms with Crippen LogP contribution in [0.2, 0.25) is 0 Å². The average Bonchev–Trinajstić information content (AvgIpc) is 3.10. The molecule has 0 spiro atoms. The lowest BCUT2D eigenvalue weighted by molar-refractivity contribution is -0.000959. The van der Waals surface area contributed by atoms with Crippen molar-refractivity contribution in [2.45, 2.75) is 6.42 Å². The molecular formula is C20H30N2O6. The number of hydrogen-bond acceptors (Lipinski definition) is 7. The summed E-state index contributed by atoms with van der Waals surface area (Å²) < 4.78 is 28.6. The van der Waals surface area contributed by atoms with Crippen LogP contribution >= 0.6 is 0 Å². The number of Topliss-reactive ketones (excluding diaryl/α,β-unsaturated/α-hetero) is 1. The molecule has 156 valence electrons. The molecule has 0 aromatic carbocycles. The van der Waals surface area contributed by atoms with Crippen LogP contribution in [0.15, 0.2) is 30.5 Å². The molecule has 0 unspecified atom stereocenters. The third kappa shape index (κ3) is 7.21. The Bertz CT molecular complexity index is 703. The Morgan fingerprint density at radius 2 is 1.54 bits per heavy atom. The number of rotatable bonds is 16. The number of ether oxygens (including phenoxy) is 5. The summed E-state index contributed by atoms with van der Waals surface area (Å²) >= 11 is 0. The number of ketones is 1. The maximum atomic E-state index is 12.6. The first-order chi connectivity index (χ1) is 13.8. The molecule has 0 aliphatic heterocycles. The number of carbonyl (C=O) groups is 1. The Hall–Kier alpha value is -1.97. The van der Waals surface area contributed by atoms with Gasteiger partial charge in [0.25, 0.3) is 0 Å². The molecule has 0 saturated carbocycles. The molecule has 2 aromatic rings. The molecule has 2 N–H and O–H groups in total. The van der Waals surface area contributed by atoms with Gasteiger partial charge in [-0.2, -0.15) is 0 Å². The average molecular weight is 394 g/mol. The topological polar surface area (TPSA) is 93.7 Å². The van der Waals surface area contributed by atoms with Crippen molar-refractivity contribution in [3.05, 3.63) is 36.2 Å². The summed E-state index contributed by atoms with van der Waals surface area (Å²) in [5, 5.41) is 0. The largest absolute Gasteiger partial charge is 0.494 e. The zero-order valence-electron chi connectivity index (χ0n) is 16.4. The van der Waals surface area contributed by atoms with E-state index in [0.29, 0.717) is 70.8 Å². The summed E-state index contributed by atoms with van der Waals surface area (Å²) in [6.45, 7) is 4.35. The summed E-state index contributed by atoms with van der Waals surface area (Å²) in [5.74, 6) is 0.558. The maximum absolute atomic E-state index is 12.6. The molecule has 8 heteroatoms. The second-order valence-corrected chi connectivity index (χ2v) is 5.97. The van der Waals surface area contributed by atoms with Crippen LogP contribution in [-0.2, 0) is 18.9 Å². The van der Waals surface area contributed by atoms with Crippen LogP contribution in [0.1, 0.15) is 16.9 Å². The number of pyridine rings is 1. The van der Waals surface area contributed by atoms with E-state index in [9.17, 15) is 4.79 Å². The molecule has 8 nitrogen and oxygen atoms in total. The number of carbonyl (C=O) groups excluding carboxylic acids is 1. The molecule has 0 fully saturated rings. The second kappa shape index (κ2) is 13.2. The highest BCUT2D eigenvalue weighted by Gasteiger charge is 2.17. The number of methoxy groups -OCH3 is 1. The first-order valence-electron chi connectivity index (χ1n) is 9.46. The smallest absolute Gasteiger partial charge is 0.185 e. The van der Waals surface area contributed by atoms with Crippen LogP contribution in [0.5, 0.6) is 5.75 Å². The van der Waals surface area contributed by atoms with Crippen molar-refractivity contribution >= 4 is 11.3 Å². The highest BCUT2D eigenvalue weighted by atomic mass is 16.6. The number of fused-ring (bicyclic) bond motifs is 1. The van der Waals surface area contributed by atoms with Gasteiger partial charge in [-0.25, -0.2) is 0 Å². The van der Waals surface area contributed by atoms with Crippen molar-refractivity contribution in [2.75, 3.05) is 66.5 Å². The molecule has 0 aliphatic rings. The molecule has 0 aliphatic carbocycles. The SMILES string of the molecule is COc1cc2ccccn2c1C(=O)CCOCCOCCOCCOCCN. The first kappa shape index (κ1) is 22.3. The molecular weight excluding hydrogens is 364 g/mol. The van der Waals surface area contributed by atoms with Gasteiger partial charge in [-0.1, -0.05) is 6.07 Å². The standard InChI is InChI=1S/C20H30N2O6/c1-24-19-16-17-4-2-3-7-22(17)20(19)18(23)5-8-25-10-12-27-14-15-28-13-11-26-9-6-21/h2-4,7,16H,5-6,8-15,21H2,1H3. The van der Waals surface area contributed by atoms with Crippen LogP contribution in [-0.4, -0.2) is 76.7 Å². The van der Waals surface area contributed by atoms with E-state index in [1.54, 1.807) is 7.11 Å². The monoisotopic (exact) mass is 394 g/mol. The molecule has 2 aromatic heterocycles. The van der Waals surface area contributed by atoms with E-state index in [0.717, 1.165) is 5.52 Å². The maximum Gasteiger partial charge on any atom is 0.185 e. The van der Waals surface area contributed by atoms with Gasteiger partial charge >= 0.3 is 0 Å². The Labute approximate surface area is 165 Å². The van der Waals surface area contributed by atoms with E-state index >= 15 is 0 Å². The van der Waals surface area contributed by atoms with Crippen LogP contribution < -0.4 is 10.5 Å². The fourth-order valence-corrected chi connectivity index (χ4v) is 2.65. The highest BCUT2D eigenvalue weighted by molar-refractivity contribution is 5.98. The predicted molar refractivity (Wildman–Crippen MR) is 105 cm³/mol. The van der Waals surface area contributed by atoms with Crippen molar-refractivity contribution in [1.82, 2.24) is 4.40 Å². The third-order valence-corrected chi connectivity index (χ3v) is 3.98.